The third-order valence-corrected chi connectivity index (χ3v) is 3.29. The smallest absolute Gasteiger partial charge is 0.234 e. The highest BCUT2D eigenvalue weighted by Crippen LogP contribution is 2.32. The van der Waals surface area contributed by atoms with Crippen LogP contribution in [0.25, 0.3) is 0 Å². The summed E-state index contributed by atoms with van der Waals surface area (Å²) < 4.78 is 10.5. The van der Waals surface area contributed by atoms with Crippen molar-refractivity contribution in [2.24, 2.45) is 5.92 Å². The number of rotatable bonds is 3. The summed E-state index contributed by atoms with van der Waals surface area (Å²) in [5.74, 6) is 1.91. The molecule has 0 radical (unpaired) electrons. The van der Waals surface area contributed by atoms with Crippen LogP contribution in [0.15, 0.2) is 4.52 Å². The van der Waals surface area contributed by atoms with Crippen molar-refractivity contribution in [3.63, 3.8) is 0 Å². The highest BCUT2D eigenvalue weighted by molar-refractivity contribution is 5.00. The fourth-order valence-electron chi connectivity index (χ4n) is 2.04. The molecule has 88 valence electrons. The topological polar surface area (TPSA) is 68.4 Å². The number of aliphatic hydroxyl groups excluding tert-OH is 1. The molecule has 1 saturated heterocycles. The Morgan fingerprint density at radius 2 is 2.19 bits per heavy atom. The number of aromatic nitrogens is 2. The average molecular weight is 224 g/mol. The van der Waals surface area contributed by atoms with Crippen molar-refractivity contribution in [1.82, 2.24) is 10.1 Å². The molecule has 0 aromatic carbocycles. The molecule has 1 N–H and O–H groups in total. The van der Waals surface area contributed by atoms with Crippen molar-refractivity contribution in [2.75, 3.05) is 13.2 Å². The zero-order chi connectivity index (χ0) is 11.0. The molecule has 0 bridgehead atoms. The second-order valence-electron chi connectivity index (χ2n) is 4.73. The first kappa shape index (κ1) is 10.2. The van der Waals surface area contributed by atoms with Gasteiger partial charge in [0, 0.05) is 13.0 Å². The van der Waals surface area contributed by atoms with Gasteiger partial charge in [0.1, 0.15) is 0 Å². The van der Waals surface area contributed by atoms with Crippen molar-refractivity contribution in [3.8, 4) is 0 Å². The lowest BCUT2D eigenvalue weighted by Crippen LogP contribution is -2.30. The van der Waals surface area contributed by atoms with Crippen molar-refractivity contribution < 1.29 is 14.4 Å². The highest BCUT2D eigenvalue weighted by Gasteiger charge is 2.31. The SMILES string of the molecule is OC1CCOCC1c1nc(CC2CC2)no1. The van der Waals surface area contributed by atoms with Gasteiger partial charge in [0.05, 0.1) is 18.6 Å². The van der Waals surface area contributed by atoms with E-state index in [4.69, 9.17) is 9.26 Å². The van der Waals surface area contributed by atoms with E-state index in [0.717, 1.165) is 18.2 Å². The standard InChI is InChI=1S/C11H16N2O3/c14-9-3-4-15-6-8(9)11-12-10(13-16-11)5-7-1-2-7/h7-9,14H,1-6H2. The first-order chi connectivity index (χ1) is 7.83. The summed E-state index contributed by atoms with van der Waals surface area (Å²) in [7, 11) is 0. The second kappa shape index (κ2) is 4.14. The molecule has 0 spiro atoms. The second-order valence-corrected chi connectivity index (χ2v) is 4.73. The van der Waals surface area contributed by atoms with Crippen molar-refractivity contribution in [2.45, 2.75) is 37.7 Å². The minimum absolute atomic E-state index is 0.144. The van der Waals surface area contributed by atoms with E-state index >= 15 is 0 Å². The van der Waals surface area contributed by atoms with E-state index in [0.29, 0.717) is 25.5 Å². The number of aliphatic hydroxyl groups is 1. The zero-order valence-corrected chi connectivity index (χ0v) is 9.13. The van der Waals surface area contributed by atoms with Gasteiger partial charge in [-0.05, 0) is 25.2 Å². The highest BCUT2D eigenvalue weighted by atomic mass is 16.5. The van der Waals surface area contributed by atoms with Crippen LogP contribution >= 0.6 is 0 Å². The molecule has 0 amide bonds. The molecule has 1 aliphatic heterocycles. The number of ether oxygens (including phenoxy) is 1. The van der Waals surface area contributed by atoms with Crippen molar-refractivity contribution in [3.05, 3.63) is 11.7 Å². The molecule has 1 aliphatic carbocycles. The van der Waals surface area contributed by atoms with Gasteiger partial charge in [0.15, 0.2) is 5.82 Å². The van der Waals surface area contributed by atoms with Gasteiger partial charge in [-0.2, -0.15) is 4.98 Å². The fraction of sp³-hybridized carbons (Fsp3) is 0.818. The Hall–Kier alpha value is -0.940. The first-order valence-corrected chi connectivity index (χ1v) is 5.91. The van der Waals surface area contributed by atoms with E-state index in [-0.39, 0.29) is 5.92 Å². The summed E-state index contributed by atoms with van der Waals surface area (Å²) in [4.78, 5) is 4.35. The van der Waals surface area contributed by atoms with Gasteiger partial charge < -0.3 is 14.4 Å². The van der Waals surface area contributed by atoms with Crippen molar-refractivity contribution >= 4 is 0 Å². The first-order valence-electron chi connectivity index (χ1n) is 5.91. The Morgan fingerprint density at radius 3 is 2.94 bits per heavy atom. The maximum atomic E-state index is 9.82. The van der Waals surface area contributed by atoms with Gasteiger partial charge in [0.2, 0.25) is 5.89 Å². The molecule has 2 fully saturated rings. The summed E-state index contributed by atoms with van der Waals surface area (Å²) in [6.45, 7) is 1.09. The molecule has 3 rings (SSSR count). The third kappa shape index (κ3) is 2.10. The maximum absolute atomic E-state index is 9.82. The molecule has 2 unspecified atom stereocenters. The summed E-state index contributed by atoms with van der Waals surface area (Å²) in [5.41, 5.74) is 0. The van der Waals surface area contributed by atoms with Gasteiger partial charge in [-0.3, -0.25) is 0 Å². The van der Waals surface area contributed by atoms with Crippen LogP contribution < -0.4 is 0 Å². The Balaban J connectivity index is 1.69. The Bertz CT molecular complexity index is 362. The molecule has 2 atom stereocenters. The molecule has 5 nitrogen and oxygen atoms in total. The van der Waals surface area contributed by atoms with Gasteiger partial charge in [-0.25, -0.2) is 0 Å². The lowest BCUT2D eigenvalue weighted by atomic mass is 9.99. The van der Waals surface area contributed by atoms with Gasteiger partial charge >= 0.3 is 0 Å². The Labute approximate surface area is 93.8 Å². The van der Waals surface area contributed by atoms with Crippen LogP contribution in [0.1, 0.15) is 36.9 Å². The molecular weight excluding hydrogens is 208 g/mol. The van der Waals surface area contributed by atoms with Crippen LogP contribution in [0.2, 0.25) is 0 Å². The van der Waals surface area contributed by atoms with Gasteiger partial charge in [-0.15, -0.1) is 0 Å². The van der Waals surface area contributed by atoms with Crippen molar-refractivity contribution in [1.29, 1.82) is 0 Å². The van der Waals surface area contributed by atoms with E-state index in [1.807, 2.05) is 0 Å². The minimum Gasteiger partial charge on any atom is -0.392 e. The van der Waals surface area contributed by atoms with Crippen LogP contribution in [0.4, 0.5) is 0 Å². The zero-order valence-electron chi connectivity index (χ0n) is 9.13. The number of nitrogens with zero attached hydrogens (tertiary/aromatic N) is 2. The van der Waals surface area contributed by atoms with E-state index < -0.39 is 6.10 Å². The molecular formula is C11H16N2O3. The average Bonchev–Trinajstić information content (AvgIpc) is 2.97. The molecule has 1 saturated carbocycles. The largest absolute Gasteiger partial charge is 0.392 e. The molecule has 5 heteroatoms. The predicted molar refractivity (Wildman–Crippen MR) is 54.9 cm³/mol. The van der Waals surface area contributed by atoms with Gasteiger partial charge in [-0.1, -0.05) is 5.16 Å². The quantitative estimate of drug-likeness (QED) is 0.825. The molecule has 16 heavy (non-hydrogen) atoms. The van der Waals surface area contributed by atoms with Crippen LogP contribution in [0, 0.1) is 5.92 Å². The Morgan fingerprint density at radius 1 is 1.31 bits per heavy atom. The Kier molecular flexibility index (Phi) is 2.65. The van der Waals surface area contributed by atoms with Crippen LogP contribution in [-0.4, -0.2) is 34.6 Å². The molecule has 2 aliphatic rings. The molecule has 1 aromatic heterocycles. The summed E-state index contributed by atoms with van der Waals surface area (Å²) in [6.07, 6.45) is 3.69. The normalized spacial score (nSPS) is 30.6. The van der Waals surface area contributed by atoms with Crippen LogP contribution in [0.5, 0.6) is 0 Å². The lowest BCUT2D eigenvalue weighted by Gasteiger charge is -2.24. The minimum atomic E-state index is -0.414. The summed E-state index contributed by atoms with van der Waals surface area (Å²) in [5, 5.41) is 13.8. The number of hydrogen-bond acceptors (Lipinski definition) is 5. The molecule has 1 aromatic rings. The van der Waals surface area contributed by atoms with E-state index in [1.165, 1.54) is 12.8 Å². The lowest BCUT2D eigenvalue weighted by molar-refractivity contribution is -0.0149. The third-order valence-electron chi connectivity index (χ3n) is 3.29. The van der Waals surface area contributed by atoms with E-state index in [9.17, 15) is 5.11 Å². The maximum Gasteiger partial charge on any atom is 0.234 e. The van der Waals surface area contributed by atoms with E-state index in [2.05, 4.69) is 10.1 Å². The van der Waals surface area contributed by atoms with Crippen LogP contribution in [-0.2, 0) is 11.2 Å². The van der Waals surface area contributed by atoms with Crippen LogP contribution in [0.3, 0.4) is 0 Å². The predicted octanol–water partition coefficient (Wildman–Crippen LogP) is 0.887. The summed E-state index contributed by atoms with van der Waals surface area (Å²) >= 11 is 0. The van der Waals surface area contributed by atoms with Gasteiger partial charge in [0.25, 0.3) is 0 Å². The molecule has 2 heterocycles. The number of hydrogen-bond donors (Lipinski definition) is 1. The monoisotopic (exact) mass is 224 g/mol. The summed E-state index contributed by atoms with van der Waals surface area (Å²) in [6, 6.07) is 0. The van der Waals surface area contributed by atoms with E-state index in [1.54, 1.807) is 0 Å². The fourth-order valence-corrected chi connectivity index (χ4v) is 2.04.